The van der Waals surface area contributed by atoms with Gasteiger partial charge in [-0.1, -0.05) is 0 Å². The third-order valence-electron chi connectivity index (χ3n) is 4.55. The second-order valence-corrected chi connectivity index (χ2v) is 5.59. The highest BCUT2D eigenvalue weighted by molar-refractivity contribution is 5.25. The van der Waals surface area contributed by atoms with Crippen LogP contribution < -0.4 is 5.32 Å². The third-order valence-corrected chi connectivity index (χ3v) is 4.55. The molecular weight excluding hydrogens is 226 g/mol. The Bertz CT molecular complexity index is 415. The van der Waals surface area contributed by atoms with Crippen molar-refractivity contribution in [3.8, 4) is 0 Å². The molecule has 1 aromatic heterocycles. The molecule has 1 fully saturated rings. The van der Waals surface area contributed by atoms with Gasteiger partial charge in [-0.2, -0.15) is 5.10 Å². The van der Waals surface area contributed by atoms with Crippen LogP contribution in [-0.4, -0.2) is 29.0 Å². The fourth-order valence-electron chi connectivity index (χ4n) is 3.54. The van der Waals surface area contributed by atoms with Gasteiger partial charge in [0.2, 0.25) is 0 Å². The number of ether oxygens (including phenoxy) is 1. The summed E-state index contributed by atoms with van der Waals surface area (Å²) in [6, 6.07) is 0.995. The second-order valence-electron chi connectivity index (χ2n) is 5.59. The fourth-order valence-corrected chi connectivity index (χ4v) is 3.54. The fraction of sp³-hybridized carbons (Fsp3) is 0.786. The maximum absolute atomic E-state index is 5.58. The Balaban J connectivity index is 1.74. The monoisotopic (exact) mass is 249 g/mol. The van der Waals surface area contributed by atoms with E-state index in [1.54, 1.807) is 0 Å². The van der Waals surface area contributed by atoms with Gasteiger partial charge in [0.25, 0.3) is 0 Å². The molecule has 1 aromatic rings. The number of aromatic nitrogens is 2. The number of rotatable bonds is 3. The quantitative estimate of drug-likeness (QED) is 0.890. The van der Waals surface area contributed by atoms with Crippen molar-refractivity contribution in [1.29, 1.82) is 0 Å². The average molecular weight is 249 g/mol. The molecule has 3 unspecified atom stereocenters. The normalized spacial score (nSPS) is 31.6. The van der Waals surface area contributed by atoms with Crippen molar-refractivity contribution in [3.05, 3.63) is 17.5 Å². The summed E-state index contributed by atoms with van der Waals surface area (Å²) < 4.78 is 7.61. The summed E-state index contributed by atoms with van der Waals surface area (Å²) in [5, 5.41) is 8.22. The minimum absolute atomic E-state index is 0.395. The lowest BCUT2D eigenvalue weighted by molar-refractivity contribution is 0.0803. The lowest BCUT2D eigenvalue weighted by atomic mass is 9.92. The Hall–Kier alpha value is -0.870. The van der Waals surface area contributed by atoms with Crippen molar-refractivity contribution in [2.75, 3.05) is 7.11 Å². The molecule has 1 saturated carbocycles. The summed E-state index contributed by atoms with van der Waals surface area (Å²) in [5.41, 5.74) is 2.82. The van der Waals surface area contributed by atoms with Gasteiger partial charge in [-0.25, -0.2) is 0 Å². The standard InChI is InChI=1S/C14H23N3O/c1-17-13-7-3-5-11(10(13)9-15-17)16-12-6-4-8-14(12)18-2/h9,11-12,14,16H,3-8H2,1-2H3. The van der Waals surface area contributed by atoms with Crippen LogP contribution in [0.3, 0.4) is 0 Å². The molecule has 3 atom stereocenters. The molecule has 1 N–H and O–H groups in total. The zero-order chi connectivity index (χ0) is 12.5. The van der Waals surface area contributed by atoms with Crippen molar-refractivity contribution in [3.63, 3.8) is 0 Å². The largest absolute Gasteiger partial charge is 0.380 e. The van der Waals surface area contributed by atoms with Gasteiger partial charge in [0.15, 0.2) is 0 Å². The van der Waals surface area contributed by atoms with Crippen LogP contribution in [0.2, 0.25) is 0 Å². The minimum atomic E-state index is 0.395. The summed E-state index contributed by atoms with van der Waals surface area (Å²) in [5.74, 6) is 0. The third kappa shape index (κ3) is 2.08. The topological polar surface area (TPSA) is 39.1 Å². The molecule has 18 heavy (non-hydrogen) atoms. The summed E-state index contributed by atoms with van der Waals surface area (Å²) in [4.78, 5) is 0. The molecule has 0 saturated heterocycles. The van der Waals surface area contributed by atoms with E-state index >= 15 is 0 Å². The van der Waals surface area contributed by atoms with E-state index in [1.807, 2.05) is 18.0 Å². The van der Waals surface area contributed by atoms with Crippen molar-refractivity contribution in [2.45, 2.75) is 56.7 Å². The second kappa shape index (κ2) is 5.02. The SMILES string of the molecule is COC1CCCC1NC1CCCc2c1cnn2C. The zero-order valence-corrected chi connectivity index (χ0v) is 11.4. The molecule has 0 aliphatic heterocycles. The Labute approximate surface area is 109 Å². The zero-order valence-electron chi connectivity index (χ0n) is 11.4. The summed E-state index contributed by atoms with van der Waals surface area (Å²) in [6.45, 7) is 0. The molecule has 3 rings (SSSR count). The highest BCUT2D eigenvalue weighted by Crippen LogP contribution is 2.32. The first-order valence-corrected chi connectivity index (χ1v) is 7.09. The summed E-state index contributed by atoms with van der Waals surface area (Å²) >= 11 is 0. The van der Waals surface area contributed by atoms with Crippen molar-refractivity contribution < 1.29 is 4.74 Å². The van der Waals surface area contributed by atoms with E-state index in [4.69, 9.17) is 4.74 Å². The predicted molar refractivity (Wildman–Crippen MR) is 70.5 cm³/mol. The van der Waals surface area contributed by atoms with E-state index in [-0.39, 0.29) is 0 Å². The molecule has 2 aliphatic carbocycles. The van der Waals surface area contributed by atoms with Gasteiger partial charge in [-0.05, 0) is 38.5 Å². The van der Waals surface area contributed by atoms with Crippen LogP contribution in [0.25, 0.3) is 0 Å². The first kappa shape index (κ1) is 12.2. The number of hydrogen-bond acceptors (Lipinski definition) is 3. The number of nitrogens with one attached hydrogen (secondary N) is 1. The van der Waals surface area contributed by atoms with Gasteiger partial charge in [-0.15, -0.1) is 0 Å². The van der Waals surface area contributed by atoms with Crippen LogP contribution in [0.1, 0.15) is 49.4 Å². The molecule has 4 heteroatoms. The number of hydrogen-bond donors (Lipinski definition) is 1. The lowest BCUT2D eigenvalue weighted by Crippen LogP contribution is -2.40. The van der Waals surface area contributed by atoms with E-state index < -0.39 is 0 Å². The molecule has 4 nitrogen and oxygen atoms in total. The first-order valence-electron chi connectivity index (χ1n) is 7.09. The van der Waals surface area contributed by atoms with Gasteiger partial charge in [0.05, 0.1) is 12.3 Å². The van der Waals surface area contributed by atoms with Gasteiger partial charge in [0, 0.05) is 37.5 Å². The summed E-state index contributed by atoms with van der Waals surface area (Å²) in [6.07, 6.45) is 9.81. The number of fused-ring (bicyclic) bond motifs is 1. The Morgan fingerprint density at radius 1 is 1.33 bits per heavy atom. The first-order chi connectivity index (χ1) is 8.79. The highest BCUT2D eigenvalue weighted by Gasteiger charge is 2.31. The van der Waals surface area contributed by atoms with Crippen molar-refractivity contribution in [1.82, 2.24) is 15.1 Å². The summed E-state index contributed by atoms with van der Waals surface area (Å²) in [7, 11) is 3.88. The molecule has 0 aromatic carbocycles. The molecule has 1 heterocycles. The number of aryl methyl sites for hydroxylation is 1. The van der Waals surface area contributed by atoms with Crippen LogP contribution in [0, 0.1) is 0 Å². The van der Waals surface area contributed by atoms with Crippen LogP contribution in [0.4, 0.5) is 0 Å². The Kier molecular flexibility index (Phi) is 3.39. The van der Waals surface area contributed by atoms with Crippen LogP contribution in [-0.2, 0) is 18.2 Å². The lowest BCUT2D eigenvalue weighted by Gasteiger charge is -2.29. The van der Waals surface area contributed by atoms with Crippen LogP contribution in [0.15, 0.2) is 6.20 Å². The average Bonchev–Trinajstić information content (AvgIpc) is 2.98. The predicted octanol–water partition coefficient (Wildman–Crippen LogP) is 1.95. The maximum atomic E-state index is 5.58. The Morgan fingerprint density at radius 3 is 3.06 bits per heavy atom. The molecule has 0 amide bonds. The van der Waals surface area contributed by atoms with Gasteiger partial charge < -0.3 is 10.1 Å². The molecule has 2 aliphatic rings. The Morgan fingerprint density at radius 2 is 2.22 bits per heavy atom. The van der Waals surface area contributed by atoms with Gasteiger partial charge in [-0.3, -0.25) is 4.68 Å². The molecule has 0 bridgehead atoms. The highest BCUT2D eigenvalue weighted by atomic mass is 16.5. The van der Waals surface area contributed by atoms with E-state index in [0.29, 0.717) is 18.2 Å². The van der Waals surface area contributed by atoms with Gasteiger partial charge in [0.1, 0.15) is 0 Å². The van der Waals surface area contributed by atoms with E-state index in [0.717, 1.165) is 0 Å². The minimum Gasteiger partial charge on any atom is -0.380 e. The van der Waals surface area contributed by atoms with Crippen molar-refractivity contribution >= 4 is 0 Å². The molecule has 0 spiro atoms. The molecule has 0 radical (unpaired) electrons. The van der Waals surface area contributed by atoms with E-state index in [1.165, 1.54) is 49.8 Å². The smallest absolute Gasteiger partial charge is 0.0724 e. The van der Waals surface area contributed by atoms with Crippen LogP contribution in [0.5, 0.6) is 0 Å². The van der Waals surface area contributed by atoms with E-state index in [9.17, 15) is 0 Å². The van der Waals surface area contributed by atoms with E-state index in [2.05, 4.69) is 17.5 Å². The number of methoxy groups -OCH3 is 1. The number of nitrogens with zero attached hydrogens (tertiary/aromatic N) is 2. The molecule has 100 valence electrons. The van der Waals surface area contributed by atoms with Crippen LogP contribution >= 0.6 is 0 Å². The maximum Gasteiger partial charge on any atom is 0.0724 e. The van der Waals surface area contributed by atoms with Crippen molar-refractivity contribution in [2.24, 2.45) is 7.05 Å². The molecular formula is C14H23N3O. The van der Waals surface area contributed by atoms with Gasteiger partial charge >= 0.3 is 0 Å².